The van der Waals surface area contributed by atoms with Crippen LogP contribution < -0.4 is 16.4 Å². The zero-order chi connectivity index (χ0) is 47.6. The monoisotopic (exact) mass is 923 g/mol. The highest BCUT2D eigenvalue weighted by Crippen LogP contribution is 2.67. The van der Waals surface area contributed by atoms with Crippen LogP contribution in [0.4, 0.5) is 4.79 Å². The summed E-state index contributed by atoms with van der Waals surface area (Å²) in [6.45, 7) is 17.5. The number of unbranched alkanes of at least 4 members (excludes halogenated alkanes) is 18. The van der Waals surface area contributed by atoms with E-state index in [0.29, 0.717) is 38.0 Å². The Kier molecular flexibility index (Phi) is 26.7. The average molecular weight is 924 g/mol. The number of rotatable bonds is 35. The van der Waals surface area contributed by atoms with Crippen molar-refractivity contribution in [1.82, 2.24) is 15.5 Å². The molecular formula is C58H106N4O4. The smallest absolute Gasteiger partial charge is 0.407 e. The summed E-state index contributed by atoms with van der Waals surface area (Å²) in [5, 5.41) is 6.10. The Balaban J connectivity index is 1.11. The van der Waals surface area contributed by atoms with Gasteiger partial charge in [0.15, 0.2) is 0 Å². The number of carbonyl (C=O) groups excluding carboxylic acids is 3. The second kappa shape index (κ2) is 31.2. The fourth-order valence-electron chi connectivity index (χ4n) is 13.7. The molecule has 4 aliphatic rings. The van der Waals surface area contributed by atoms with E-state index in [1.54, 1.807) is 10.5 Å². The van der Waals surface area contributed by atoms with Crippen LogP contribution in [0.3, 0.4) is 0 Å². The molecule has 0 spiro atoms. The molecule has 0 aromatic rings. The summed E-state index contributed by atoms with van der Waals surface area (Å²) in [5.74, 6) is 5.04. The lowest BCUT2D eigenvalue weighted by Crippen LogP contribution is -2.51. The number of ether oxygens (including phenoxy) is 1. The van der Waals surface area contributed by atoms with Gasteiger partial charge in [0.2, 0.25) is 11.8 Å². The van der Waals surface area contributed by atoms with Crippen molar-refractivity contribution >= 4 is 17.9 Å². The van der Waals surface area contributed by atoms with Gasteiger partial charge in [-0.2, -0.15) is 0 Å². The summed E-state index contributed by atoms with van der Waals surface area (Å²) < 4.78 is 6.08. The van der Waals surface area contributed by atoms with Crippen LogP contribution in [0.1, 0.15) is 253 Å². The minimum Gasteiger partial charge on any atom is -0.446 e. The number of fused-ring (bicyclic) bond motifs is 5. The van der Waals surface area contributed by atoms with Gasteiger partial charge >= 0.3 is 6.09 Å². The second-order valence-electron chi connectivity index (χ2n) is 23.3. The summed E-state index contributed by atoms with van der Waals surface area (Å²) in [6.07, 6.45) is 41.2. The van der Waals surface area contributed by atoms with Gasteiger partial charge in [0, 0.05) is 32.5 Å². The molecule has 4 aliphatic carbocycles. The van der Waals surface area contributed by atoms with Gasteiger partial charge in [-0.1, -0.05) is 175 Å². The maximum Gasteiger partial charge on any atom is 0.407 e. The maximum atomic E-state index is 13.4. The Bertz CT molecular complexity index is 1400. The minimum atomic E-state index is -0.277. The second-order valence-corrected chi connectivity index (χ2v) is 23.3. The predicted molar refractivity (Wildman–Crippen MR) is 277 cm³/mol. The van der Waals surface area contributed by atoms with Crippen LogP contribution in [0.5, 0.6) is 0 Å². The Labute approximate surface area is 407 Å². The molecule has 0 bridgehead atoms. The highest BCUT2D eigenvalue weighted by Gasteiger charge is 2.59. The van der Waals surface area contributed by atoms with Crippen LogP contribution in [0.15, 0.2) is 11.6 Å². The molecule has 3 fully saturated rings. The molecule has 8 nitrogen and oxygen atoms in total. The van der Waals surface area contributed by atoms with Gasteiger partial charge in [-0.05, 0) is 130 Å². The topological polar surface area (TPSA) is 114 Å². The van der Waals surface area contributed by atoms with Gasteiger partial charge in [0.25, 0.3) is 0 Å². The fraction of sp³-hybridized carbons (Fsp3) is 0.914. The summed E-state index contributed by atoms with van der Waals surface area (Å²) >= 11 is 0. The number of alkyl carbamates (subject to hydrolysis) is 1. The highest BCUT2D eigenvalue weighted by atomic mass is 16.6. The van der Waals surface area contributed by atoms with Crippen LogP contribution in [0.2, 0.25) is 0 Å². The number of nitrogens with two attached hydrogens (primary N) is 1. The molecule has 3 amide bonds. The zero-order valence-corrected chi connectivity index (χ0v) is 44.1. The van der Waals surface area contributed by atoms with Crippen molar-refractivity contribution in [2.75, 3.05) is 32.7 Å². The van der Waals surface area contributed by atoms with E-state index in [1.807, 2.05) is 0 Å². The number of hydrogen-bond acceptors (Lipinski definition) is 5. The third-order valence-corrected chi connectivity index (χ3v) is 17.8. The van der Waals surface area contributed by atoms with Crippen LogP contribution >= 0.6 is 0 Å². The SMILES string of the molecule is CCCCCCCCCCCCCCCC(=O)N(CCCCCCNC(=O)O[C@H]1CC[C@@]2(C)C(=CC[C@H]3[C@@H]4CC[C@H]([C@H](C)CCCC(C)C)[C@@]4(C)CC[C@@H]32)C1)CC(=O)NCCCCCCN. The number of allylic oxidation sites excluding steroid dienone is 1. The van der Waals surface area contributed by atoms with E-state index in [1.165, 1.54) is 122 Å². The average Bonchev–Trinajstić information content (AvgIpc) is 3.65. The molecule has 8 heteroatoms. The molecule has 8 atom stereocenters. The van der Waals surface area contributed by atoms with Gasteiger partial charge in [0.05, 0.1) is 6.54 Å². The lowest BCUT2D eigenvalue weighted by Gasteiger charge is -2.58. The molecule has 0 aromatic carbocycles. The van der Waals surface area contributed by atoms with Crippen LogP contribution in [0.25, 0.3) is 0 Å². The predicted octanol–water partition coefficient (Wildman–Crippen LogP) is 14.6. The molecule has 4 rings (SSSR count). The Morgan fingerprint density at radius 3 is 2.00 bits per heavy atom. The third-order valence-electron chi connectivity index (χ3n) is 17.8. The molecule has 0 heterocycles. The zero-order valence-electron chi connectivity index (χ0n) is 44.1. The van der Waals surface area contributed by atoms with E-state index in [-0.39, 0.29) is 36.0 Å². The van der Waals surface area contributed by atoms with E-state index in [2.05, 4.69) is 58.3 Å². The van der Waals surface area contributed by atoms with Crippen molar-refractivity contribution < 1.29 is 19.1 Å². The third kappa shape index (κ3) is 18.7. The fourth-order valence-corrected chi connectivity index (χ4v) is 13.7. The van der Waals surface area contributed by atoms with E-state index in [4.69, 9.17) is 10.5 Å². The number of amides is 3. The van der Waals surface area contributed by atoms with E-state index < -0.39 is 0 Å². The van der Waals surface area contributed by atoms with Crippen molar-refractivity contribution in [3.63, 3.8) is 0 Å². The van der Waals surface area contributed by atoms with Crippen molar-refractivity contribution in [2.45, 2.75) is 260 Å². The Morgan fingerprint density at radius 1 is 0.712 bits per heavy atom. The molecule has 0 saturated heterocycles. The Morgan fingerprint density at radius 2 is 1.33 bits per heavy atom. The van der Waals surface area contributed by atoms with Crippen molar-refractivity contribution in [3.05, 3.63) is 11.6 Å². The van der Waals surface area contributed by atoms with Crippen molar-refractivity contribution in [1.29, 1.82) is 0 Å². The number of nitrogens with zero attached hydrogens (tertiary/aromatic N) is 1. The largest absolute Gasteiger partial charge is 0.446 e. The van der Waals surface area contributed by atoms with Gasteiger partial charge < -0.3 is 26.0 Å². The number of carbonyl (C=O) groups is 3. The van der Waals surface area contributed by atoms with Gasteiger partial charge in [-0.3, -0.25) is 9.59 Å². The quantitative estimate of drug-likeness (QED) is 0.0433. The maximum absolute atomic E-state index is 13.4. The van der Waals surface area contributed by atoms with Gasteiger partial charge in [-0.15, -0.1) is 0 Å². The summed E-state index contributed by atoms with van der Waals surface area (Å²) in [4.78, 5) is 41.1. The summed E-state index contributed by atoms with van der Waals surface area (Å²) in [6, 6.07) is 0. The molecule has 0 radical (unpaired) electrons. The molecule has 66 heavy (non-hydrogen) atoms. The first-order valence-corrected chi connectivity index (χ1v) is 28.8. The molecule has 0 aromatic heterocycles. The molecule has 0 unspecified atom stereocenters. The van der Waals surface area contributed by atoms with Crippen LogP contribution in [-0.4, -0.2) is 61.6 Å². The Hall–Kier alpha value is -2.09. The van der Waals surface area contributed by atoms with Gasteiger partial charge in [-0.25, -0.2) is 4.79 Å². The molecule has 3 saturated carbocycles. The van der Waals surface area contributed by atoms with Gasteiger partial charge in [0.1, 0.15) is 6.10 Å². The first-order chi connectivity index (χ1) is 31.9. The summed E-state index contributed by atoms with van der Waals surface area (Å²) in [5.41, 5.74) is 7.95. The van der Waals surface area contributed by atoms with E-state index in [9.17, 15) is 14.4 Å². The molecule has 4 N–H and O–H groups in total. The van der Waals surface area contributed by atoms with Crippen LogP contribution in [0, 0.1) is 46.3 Å². The molecule has 382 valence electrons. The standard InChI is InChI=1S/C58H106N4O4/c1-7-8-9-10-11-12-13-14-15-16-17-18-23-31-55(64)62(45-54(63)60-41-25-20-19-24-40-59)43-27-22-21-26-42-61-56(65)66-49-36-38-57(5)48(44-49)32-33-50-52-35-34-51(47(4)30-28-29-46(2)3)58(52,6)39-37-53(50)57/h32,46-47,49-53H,7-31,33-45,59H2,1-6H3,(H,60,63)(H,61,65)/t47-,49+,50+,51-,52+,53+,57+,58-/m1/s1. The normalized spacial score (nSPS) is 26.2. The van der Waals surface area contributed by atoms with Crippen LogP contribution in [-0.2, 0) is 14.3 Å². The number of hydrogen-bond donors (Lipinski definition) is 3. The van der Waals surface area contributed by atoms with Crippen molar-refractivity contribution in [3.8, 4) is 0 Å². The first-order valence-electron chi connectivity index (χ1n) is 28.8. The summed E-state index contributed by atoms with van der Waals surface area (Å²) in [7, 11) is 0. The number of nitrogens with one attached hydrogen (secondary N) is 2. The lowest BCUT2D eigenvalue weighted by molar-refractivity contribution is -0.136. The lowest BCUT2D eigenvalue weighted by atomic mass is 9.47. The minimum absolute atomic E-state index is 0.0334. The first kappa shape index (κ1) is 56.5. The molecular weight excluding hydrogens is 817 g/mol. The van der Waals surface area contributed by atoms with E-state index >= 15 is 0 Å². The van der Waals surface area contributed by atoms with E-state index in [0.717, 1.165) is 119 Å². The van der Waals surface area contributed by atoms with Crippen molar-refractivity contribution in [2.24, 2.45) is 52.1 Å². The molecule has 0 aliphatic heterocycles. The highest BCUT2D eigenvalue weighted by molar-refractivity contribution is 5.84.